The van der Waals surface area contributed by atoms with E-state index in [-0.39, 0.29) is 19.0 Å². The van der Waals surface area contributed by atoms with Crippen molar-refractivity contribution in [2.24, 2.45) is 0 Å². The minimum absolute atomic E-state index is 0. The van der Waals surface area contributed by atoms with Gasteiger partial charge >= 0.3 is 0 Å². The van der Waals surface area contributed by atoms with Crippen molar-refractivity contribution in [2.75, 3.05) is 13.2 Å². The summed E-state index contributed by atoms with van der Waals surface area (Å²) >= 11 is 5.89. The molecule has 0 aliphatic carbocycles. The summed E-state index contributed by atoms with van der Waals surface area (Å²) in [5, 5.41) is 12.9. The van der Waals surface area contributed by atoms with Gasteiger partial charge in [-0.1, -0.05) is 41.9 Å². The number of halogens is 2. The van der Waals surface area contributed by atoms with Gasteiger partial charge in [-0.15, -0.1) is 12.4 Å². The van der Waals surface area contributed by atoms with Crippen LogP contribution in [0.15, 0.2) is 48.5 Å². The van der Waals surface area contributed by atoms with Gasteiger partial charge in [-0.05, 0) is 49.6 Å². The van der Waals surface area contributed by atoms with Gasteiger partial charge in [0.05, 0.1) is 0 Å². The van der Waals surface area contributed by atoms with Crippen LogP contribution in [0.2, 0.25) is 5.02 Å². The first kappa shape index (κ1) is 20.8. The fourth-order valence-corrected chi connectivity index (χ4v) is 2.42. The monoisotopic (exact) mass is 369 g/mol. The Morgan fingerprint density at radius 1 is 0.958 bits per heavy atom. The average molecular weight is 370 g/mol. The van der Waals surface area contributed by atoms with Crippen LogP contribution in [0, 0.1) is 0 Å². The molecule has 0 aliphatic heterocycles. The van der Waals surface area contributed by atoms with Gasteiger partial charge in [-0.2, -0.15) is 0 Å². The van der Waals surface area contributed by atoms with E-state index in [4.69, 9.17) is 21.4 Å². The van der Waals surface area contributed by atoms with E-state index in [9.17, 15) is 0 Å². The summed E-state index contributed by atoms with van der Waals surface area (Å²) in [4.78, 5) is 0. The molecule has 0 unspecified atom stereocenters. The van der Waals surface area contributed by atoms with Gasteiger partial charge in [0.1, 0.15) is 12.4 Å². The molecule has 0 amide bonds. The second-order valence-electron chi connectivity index (χ2n) is 5.48. The quantitative estimate of drug-likeness (QED) is 0.601. The van der Waals surface area contributed by atoms with Crippen LogP contribution in [0.1, 0.15) is 30.4 Å². The van der Waals surface area contributed by atoms with Crippen molar-refractivity contribution < 1.29 is 9.84 Å². The Morgan fingerprint density at radius 3 is 2.46 bits per heavy atom. The molecule has 0 atom stereocenters. The summed E-state index contributed by atoms with van der Waals surface area (Å²) in [6.07, 6.45) is 3.01. The zero-order valence-electron chi connectivity index (χ0n) is 13.7. The molecule has 0 saturated carbocycles. The molecule has 2 rings (SSSR count). The van der Waals surface area contributed by atoms with Crippen molar-refractivity contribution in [3.8, 4) is 5.75 Å². The van der Waals surface area contributed by atoms with E-state index >= 15 is 0 Å². The van der Waals surface area contributed by atoms with Crippen LogP contribution in [-0.4, -0.2) is 18.3 Å². The molecular formula is C19H25Cl2NO2. The Morgan fingerprint density at radius 2 is 1.71 bits per heavy atom. The van der Waals surface area contributed by atoms with Crippen molar-refractivity contribution in [3.05, 3.63) is 64.7 Å². The first-order valence-corrected chi connectivity index (χ1v) is 8.44. The lowest BCUT2D eigenvalue weighted by molar-refractivity contribution is 0.282. The Labute approximate surface area is 155 Å². The second kappa shape index (κ2) is 12.2. The smallest absolute Gasteiger partial charge is 0.124 e. The predicted molar refractivity (Wildman–Crippen MR) is 102 cm³/mol. The number of hydrogen-bond acceptors (Lipinski definition) is 3. The molecule has 3 nitrogen and oxygen atoms in total. The zero-order valence-corrected chi connectivity index (χ0v) is 15.3. The number of ether oxygens (including phenoxy) is 1. The van der Waals surface area contributed by atoms with Crippen molar-refractivity contribution >= 4 is 24.0 Å². The number of benzene rings is 2. The molecule has 0 fully saturated rings. The topological polar surface area (TPSA) is 41.5 Å². The molecule has 5 heteroatoms. The molecule has 2 aromatic rings. The van der Waals surface area contributed by atoms with Crippen molar-refractivity contribution in [1.82, 2.24) is 5.32 Å². The average Bonchev–Trinajstić information content (AvgIpc) is 2.58. The molecule has 2 aromatic carbocycles. The third kappa shape index (κ3) is 7.54. The number of aliphatic hydroxyl groups is 1. The third-order valence-electron chi connectivity index (χ3n) is 3.61. The van der Waals surface area contributed by atoms with E-state index < -0.39 is 0 Å². The summed E-state index contributed by atoms with van der Waals surface area (Å²) in [7, 11) is 0. The minimum Gasteiger partial charge on any atom is -0.489 e. The highest BCUT2D eigenvalue weighted by molar-refractivity contribution is 6.30. The minimum atomic E-state index is 0. The van der Waals surface area contributed by atoms with Gasteiger partial charge in [0, 0.05) is 23.7 Å². The van der Waals surface area contributed by atoms with E-state index in [2.05, 4.69) is 11.4 Å². The van der Waals surface area contributed by atoms with Crippen LogP contribution in [0.4, 0.5) is 0 Å². The first-order valence-electron chi connectivity index (χ1n) is 8.06. The zero-order chi connectivity index (χ0) is 16.3. The molecule has 0 aromatic heterocycles. The van der Waals surface area contributed by atoms with Crippen LogP contribution >= 0.6 is 24.0 Å². The van der Waals surface area contributed by atoms with Crippen LogP contribution in [0.25, 0.3) is 0 Å². The lowest BCUT2D eigenvalue weighted by Crippen LogP contribution is -2.15. The maximum absolute atomic E-state index is 8.76. The van der Waals surface area contributed by atoms with E-state index in [0.29, 0.717) is 6.61 Å². The summed E-state index contributed by atoms with van der Waals surface area (Å²) in [5.41, 5.74) is 2.25. The van der Waals surface area contributed by atoms with Crippen LogP contribution in [0.3, 0.4) is 0 Å². The second-order valence-corrected chi connectivity index (χ2v) is 5.92. The normalized spacial score (nSPS) is 10.2. The van der Waals surface area contributed by atoms with E-state index in [1.54, 1.807) is 0 Å². The summed E-state index contributed by atoms with van der Waals surface area (Å²) in [6.45, 7) is 2.55. The number of nitrogens with one attached hydrogen (secondary N) is 1. The van der Waals surface area contributed by atoms with Crippen LogP contribution in [-0.2, 0) is 13.2 Å². The van der Waals surface area contributed by atoms with Crippen LogP contribution in [0.5, 0.6) is 5.75 Å². The lowest BCUT2D eigenvalue weighted by Gasteiger charge is -2.12. The Balaban J connectivity index is 0.00000288. The standard InChI is InChI=1S/C19H24ClNO2.ClH/c20-18-10-8-16(9-11-18)15-23-19-7-3-2-6-17(19)14-21-12-4-1-5-13-22;/h2-3,6-11,21-22H,1,4-5,12-15H2;1H. The van der Waals surface area contributed by atoms with Gasteiger partial charge in [0.15, 0.2) is 0 Å². The maximum atomic E-state index is 8.76. The van der Waals surface area contributed by atoms with E-state index in [0.717, 1.165) is 54.3 Å². The number of rotatable bonds is 10. The van der Waals surface area contributed by atoms with Gasteiger partial charge in [0.25, 0.3) is 0 Å². The fourth-order valence-electron chi connectivity index (χ4n) is 2.29. The molecular weight excluding hydrogens is 345 g/mol. The van der Waals surface area contributed by atoms with Gasteiger partial charge < -0.3 is 15.2 Å². The fraction of sp³-hybridized carbons (Fsp3) is 0.368. The highest BCUT2D eigenvalue weighted by Crippen LogP contribution is 2.20. The lowest BCUT2D eigenvalue weighted by atomic mass is 10.2. The Bertz CT molecular complexity index is 576. The third-order valence-corrected chi connectivity index (χ3v) is 3.86. The van der Waals surface area contributed by atoms with E-state index in [1.165, 1.54) is 0 Å². The molecule has 132 valence electrons. The molecule has 0 spiro atoms. The van der Waals surface area contributed by atoms with Crippen molar-refractivity contribution in [2.45, 2.75) is 32.4 Å². The Kier molecular flexibility index (Phi) is 10.5. The van der Waals surface area contributed by atoms with Crippen molar-refractivity contribution in [3.63, 3.8) is 0 Å². The highest BCUT2D eigenvalue weighted by Gasteiger charge is 2.03. The SMILES string of the molecule is Cl.OCCCCCNCc1ccccc1OCc1ccc(Cl)cc1. The van der Waals surface area contributed by atoms with Crippen LogP contribution < -0.4 is 10.1 Å². The first-order chi connectivity index (χ1) is 11.3. The van der Waals surface area contributed by atoms with Gasteiger partial charge in [-0.3, -0.25) is 0 Å². The predicted octanol–water partition coefficient (Wildman–Crippen LogP) is 4.59. The molecule has 0 aliphatic rings. The summed E-state index contributed by atoms with van der Waals surface area (Å²) in [5.74, 6) is 0.908. The van der Waals surface area contributed by atoms with E-state index in [1.807, 2.05) is 42.5 Å². The summed E-state index contributed by atoms with van der Waals surface area (Å²) < 4.78 is 5.94. The van der Waals surface area contributed by atoms with Gasteiger partial charge in [0.2, 0.25) is 0 Å². The van der Waals surface area contributed by atoms with Gasteiger partial charge in [-0.25, -0.2) is 0 Å². The Hall–Kier alpha value is -1.26. The largest absolute Gasteiger partial charge is 0.489 e. The number of para-hydroxylation sites is 1. The molecule has 24 heavy (non-hydrogen) atoms. The van der Waals surface area contributed by atoms with Crippen molar-refractivity contribution in [1.29, 1.82) is 0 Å². The summed E-state index contributed by atoms with van der Waals surface area (Å²) in [6, 6.07) is 15.8. The molecule has 0 bridgehead atoms. The molecule has 0 heterocycles. The number of unbranched alkanes of at least 4 members (excludes halogenated alkanes) is 2. The molecule has 0 radical (unpaired) electrons. The molecule has 2 N–H and O–H groups in total. The molecule has 0 saturated heterocycles. The maximum Gasteiger partial charge on any atom is 0.124 e. The number of hydrogen-bond donors (Lipinski definition) is 2. The number of aliphatic hydroxyl groups excluding tert-OH is 1. The highest BCUT2D eigenvalue weighted by atomic mass is 35.5.